The summed E-state index contributed by atoms with van der Waals surface area (Å²) in [5, 5.41) is 22.8. The number of guanidine groups is 1. The van der Waals surface area contributed by atoms with Crippen molar-refractivity contribution in [2.45, 2.75) is 46.6 Å². The highest BCUT2D eigenvalue weighted by Gasteiger charge is 2.25. The number of nitrogens with one attached hydrogen (secondary N) is 3. The SMILES string of the molecule is CCNC(=NCc1ccn[nH]1)NCC(CC)(CC)CCO. The molecule has 0 fully saturated rings. The summed E-state index contributed by atoms with van der Waals surface area (Å²) in [5.74, 6) is 0.802. The number of aromatic amines is 1. The van der Waals surface area contributed by atoms with Crippen molar-refractivity contribution in [3.8, 4) is 0 Å². The Kier molecular flexibility index (Phi) is 7.82. The molecule has 0 radical (unpaired) electrons. The molecule has 0 unspecified atom stereocenters. The maximum atomic E-state index is 9.28. The summed E-state index contributed by atoms with van der Waals surface area (Å²) < 4.78 is 0. The normalized spacial score (nSPS) is 12.5. The van der Waals surface area contributed by atoms with E-state index in [0.717, 1.165) is 44.0 Å². The van der Waals surface area contributed by atoms with Gasteiger partial charge in [-0.1, -0.05) is 13.8 Å². The number of rotatable bonds is 9. The smallest absolute Gasteiger partial charge is 0.191 e. The molecule has 1 aromatic heterocycles. The predicted molar refractivity (Wildman–Crippen MR) is 86.1 cm³/mol. The molecule has 0 aliphatic heterocycles. The van der Waals surface area contributed by atoms with E-state index in [0.29, 0.717) is 6.54 Å². The lowest BCUT2D eigenvalue weighted by Gasteiger charge is -2.32. The molecular weight excluding hydrogens is 266 g/mol. The highest BCUT2D eigenvalue weighted by molar-refractivity contribution is 5.79. The van der Waals surface area contributed by atoms with Crippen LogP contribution in [0.4, 0.5) is 0 Å². The van der Waals surface area contributed by atoms with Crippen LogP contribution in [0.5, 0.6) is 0 Å². The molecule has 1 rings (SSSR count). The molecule has 6 heteroatoms. The summed E-state index contributed by atoms with van der Waals surface area (Å²) in [4.78, 5) is 4.55. The maximum absolute atomic E-state index is 9.28. The Morgan fingerprint density at radius 2 is 2.10 bits per heavy atom. The zero-order chi connectivity index (χ0) is 15.6. The zero-order valence-corrected chi connectivity index (χ0v) is 13.4. The Morgan fingerprint density at radius 3 is 2.62 bits per heavy atom. The van der Waals surface area contributed by atoms with Crippen LogP contribution in [-0.2, 0) is 6.54 Å². The fourth-order valence-corrected chi connectivity index (χ4v) is 2.33. The van der Waals surface area contributed by atoms with Gasteiger partial charge in [0, 0.05) is 25.9 Å². The molecule has 0 bridgehead atoms. The quantitative estimate of drug-likeness (QED) is 0.412. The Labute approximate surface area is 127 Å². The molecule has 0 saturated heterocycles. The molecule has 0 saturated carbocycles. The van der Waals surface area contributed by atoms with E-state index in [4.69, 9.17) is 0 Å². The molecule has 21 heavy (non-hydrogen) atoms. The fraction of sp³-hybridized carbons (Fsp3) is 0.733. The van der Waals surface area contributed by atoms with Gasteiger partial charge >= 0.3 is 0 Å². The van der Waals surface area contributed by atoms with Crippen LogP contribution in [-0.4, -0.2) is 41.0 Å². The van der Waals surface area contributed by atoms with Crippen LogP contribution >= 0.6 is 0 Å². The highest BCUT2D eigenvalue weighted by Crippen LogP contribution is 2.29. The minimum Gasteiger partial charge on any atom is -0.396 e. The number of hydrogen-bond donors (Lipinski definition) is 4. The van der Waals surface area contributed by atoms with Gasteiger partial charge in [0.2, 0.25) is 0 Å². The summed E-state index contributed by atoms with van der Waals surface area (Å²) in [6, 6.07) is 1.92. The topological polar surface area (TPSA) is 85.3 Å². The molecule has 0 amide bonds. The van der Waals surface area contributed by atoms with Crippen LogP contribution in [0.15, 0.2) is 17.3 Å². The molecule has 120 valence electrons. The Morgan fingerprint density at radius 1 is 1.33 bits per heavy atom. The van der Waals surface area contributed by atoms with Gasteiger partial charge in [0.15, 0.2) is 5.96 Å². The fourth-order valence-electron chi connectivity index (χ4n) is 2.33. The van der Waals surface area contributed by atoms with E-state index >= 15 is 0 Å². The third-order valence-electron chi connectivity index (χ3n) is 4.08. The zero-order valence-electron chi connectivity index (χ0n) is 13.4. The molecule has 0 aromatic carbocycles. The first kappa shape index (κ1) is 17.5. The van der Waals surface area contributed by atoms with Crippen molar-refractivity contribution in [1.82, 2.24) is 20.8 Å². The lowest BCUT2D eigenvalue weighted by Crippen LogP contribution is -2.43. The average molecular weight is 295 g/mol. The molecule has 0 spiro atoms. The van der Waals surface area contributed by atoms with Crippen LogP contribution in [0.2, 0.25) is 0 Å². The second-order valence-corrected chi connectivity index (χ2v) is 5.31. The number of aromatic nitrogens is 2. The first-order chi connectivity index (χ1) is 10.2. The van der Waals surface area contributed by atoms with Gasteiger partial charge in [-0.25, -0.2) is 4.99 Å². The second kappa shape index (κ2) is 9.39. The van der Waals surface area contributed by atoms with E-state index in [1.807, 2.05) is 13.0 Å². The third-order valence-corrected chi connectivity index (χ3v) is 4.08. The molecule has 1 heterocycles. The molecule has 4 N–H and O–H groups in total. The largest absolute Gasteiger partial charge is 0.396 e. The lowest BCUT2D eigenvalue weighted by molar-refractivity contribution is 0.169. The predicted octanol–water partition coefficient (Wildman–Crippen LogP) is 1.65. The molecular formula is C15H29N5O. The maximum Gasteiger partial charge on any atom is 0.191 e. The van der Waals surface area contributed by atoms with Gasteiger partial charge in [-0.05, 0) is 37.7 Å². The van der Waals surface area contributed by atoms with E-state index in [1.54, 1.807) is 6.20 Å². The van der Waals surface area contributed by atoms with Crippen molar-refractivity contribution < 1.29 is 5.11 Å². The summed E-state index contributed by atoms with van der Waals surface area (Å²) in [7, 11) is 0. The number of aliphatic hydroxyl groups is 1. The average Bonchev–Trinajstić information content (AvgIpc) is 3.02. The van der Waals surface area contributed by atoms with Crippen molar-refractivity contribution >= 4 is 5.96 Å². The number of hydrogen-bond acceptors (Lipinski definition) is 3. The lowest BCUT2D eigenvalue weighted by atomic mass is 9.79. The van der Waals surface area contributed by atoms with Gasteiger partial charge in [-0.2, -0.15) is 5.10 Å². The van der Waals surface area contributed by atoms with Crippen molar-refractivity contribution in [3.05, 3.63) is 18.0 Å². The van der Waals surface area contributed by atoms with Crippen molar-refractivity contribution in [2.24, 2.45) is 10.4 Å². The number of aliphatic hydroxyl groups excluding tert-OH is 1. The molecule has 1 aromatic rings. The van der Waals surface area contributed by atoms with Crippen molar-refractivity contribution in [3.63, 3.8) is 0 Å². The standard InChI is InChI=1S/C15H29N5O/c1-4-15(5-2,8-10-21)12-18-14(16-6-3)17-11-13-7-9-19-20-13/h7,9,21H,4-6,8,10-12H2,1-3H3,(H,19,20)(H2,16,17,18). The van der Waals surface area contributed by atoms with Gasteiger partial charge < -0.3 is 15.7 Å². The Balaban J connectivity index is 2.62. The first-order valence-electron chi connectivity index (χ1n) is 7.81. The van der Waals surface area contributed by atoms with Crippen molar-refractivity contribution in [1.29, 1.82) is 0 Å². The monoisotopic (exact) mass is 295 g/mol. The Bertz CT molecular complexity index is 398. The minimum atomic E-state index is 0.124. The van der Waals surface area contributed by atoms with Gasteiger partial charge in [-0.3, -0.25) is 5.10 Å². The highest BCUT2D eigenvalue weighted by atomic mass is 16.3. The van der Waals surface area contributed by atoms with Crippen molar-refractivity contribution in [2.75, 3.05) is 19.7 Å². The number of nitrogens with zero attached hydrogens (tertiary/aromatic N) is 2. The van der Waals surface area contributed by atoms with Gasteiger partial charge in [0.05, 0.1) is 12.2 Å². The van der Waals surface area contributed by atoms with Crippen LogP contribution in [0, 0.1) is 5.41 Å². The van der Waals surface area contributed by atoms with E-state index < -0.39 is 0 Å². The molecule has 6 nitrogen and oxygen atoms in total. The van der Waals surface area contributed by atoms with Crippen LogP contribution in [0.3, 0.4) is 0 Å². The van der Waals surface area contributed by atoms with Crippen LogP contribution < -0.4 is 10.6 Å². The van der Waals surface area contributed by atoms with E-state index in [9.17, 15) is 5.11 Å². The van der Waals surface area contributed by atoms with Gasteiger partial charge in [0.25, 0.3) is 0 Å². The Hall–Kier alpha value is -1.56. The van der Waals surface area contributed by atoms with Gasteiger partial charge in [-0.15, -0.1) is 0 Å². The van der Waals surface area contributed by atoms with E-state index in [-0.39, 0.29) is 12.0 Å². The second-order valence-electron chi connectivity index (χ2n) is 5.31. The third kappa shape index (κ3) is 5.75. The van der Waals surface area contributed by atoms with E-state index in [1.165, 1.54) is 0 Å². The summed E-state index contributed by atoms with van der Waals surface area (Å²) in [6.07, 6.45) is 4.62. The van der Waals surface area contributed by atoms with Crippen LogP contribution in [0.25, 0.3) is 0 Å². The summed E-state index contributed by atoms with van der Waals surface area (Å²) in [6.45, 7) is 8.83. The molecule has 0 aliphatic carbocycles. The summed E-state index contributed by atoms with van der Waals surface area (Å²) >= 11 is 0. The minimum absolute atomic E-state index is 0.124. The molecule has 0 aliphatic rings. The number of aliphatic imine (C=N–C) groups is 1. The summed E-state index contributed by atoms with van der Waals surface area (Å²) in [5.41, 5.74) is 1.11. The number of H-pyrrole nitrogens is 1. The van der Waals surface area contributed by atoms with E-state index in [2.05, 4.69) is 39.7 Å². The van der Waals surface area contributed by atoms with Crippen LogP contribution in [0.1, 0.15) is 45.7 Å². The van der Waals surface area contributed by atoms with Gasteiger partial charge in [0.1, 0.15) is 0 Å². The first-order valence-corrected chi connectivity index (χ1v) is 7.81. The molecule has 0 atom stereocenters.